The van der Waals surface area contributed by atoms with Crippen molar-refractivity contribution in [2.45, 2.75) is 11.4 Å². The van der Waals surface area contributed by atoms with E-state index in [0.717, 1.165) is 0 Å². The number of nitrogens with zero attached hydrogens (tertiary/aromatic N) is 4. The summed E-state index contributed by atoms with van der Waals surface area (Å²) in [4.78, 5) is -0.00106. The summed E-state index contributed by atoms with van der Waals surface area (Å²) in [6.45, 7) is 0.0176. The SMILES string of the molecule is O=S(=O)(c1cccn2cnnc12)N(Cc1cccc(Cl)c1)c1ccc(F)cc1. The Morgan fingerprint density at radius 2 is 1.86 bits per heavy atom. The molecule has 0 aliphatic rings. The number of fused-ring (bicyclic) bond motifs is 1. The van der Waals surface area contributed by atoms with Gasteiger partial charge in [-0.05, 0) is 54.1 Å². The molecule has 6 nitrogen and oxygen atoms in total. The maximum Gasteiger partial charge on any atom is 0.268 e. The summed E-state index contributed by atoms with van der Waals surface area (Å²) >= 11 is 6.05. The monoisotopic (exact) mass is 416 g/mol. The number of benzene rings is 2. The van der Waals surface area contributed by atoms with Crippen LogP contribution in [-0.4, -0.2) is 23.0 Å². The van der Waals surface area contributed by atoms with Crippen molar-refractivity contribution in [3.05, 3.63) is 89.6 Å². The maximum absolute atomic E-state index is 13.5. The van der Waals surface area contributed by atoms with Gasteiger partial charge in [0.25, 0.3) is 10.0 Å². The Bertz CT molecular complexity index is 1240. The van der Waals surface area contributed by atoms with Crippen molar-refractivity contribution in [3.8, 4) is 0 Å². The van der Waals surface area contributed by atoms with Crippen molar-refractivity contribution < 1.29 is 12.8 Å². The average Bonchev–Trinajstić information content (AvgIpc) is 3.15. The average molecular weight is 417 g/mol. The molecule has 9 heteroatoms. The van der Waals surface area contributed by atoms with E-state index in [4.69, 9.17) is 11.6 Å². The number of pyridine rings is 1. The molecule has 2 aromatic heterocycles. The lowest BCUT2D eigenvalue weighted by Crippen LogP contribution is -2.31. The highest BCUT2D eigenvalue weighted by atomic mass is 35.5. The molecule has 0 N–H and O–H groups in total. The lowest BCUT2D eigenvalue weighted by molar-refractivity contribution is 0.590. The van der Waals surface area contributed by atoms with Crippen LogP contribution in [-0.2, 0) is 16.6 Å². The van der Waals surface area contributed by atoms with Crippen LogP contribution < -0.4 is 4.31 Å². The quantitative estimate of drug-likeness (QED) is 0.494. The van der Waals surface area contributed by atoms with Gasteiger partial charge >= 0.3 is 0 Å². The van der Waals surface area contributed by atoms with E-state index in [1.165, 1.54) is 45.4 Å². The van der Waals surface area contributed by atoms with Gasteiger partial charge in [-0.25, -0.2) is 12.8 Å². The minimum Gasteiger partial charge on any atom is -0.288 e. The number of anilines is 1. The second kappa shape index (κ2) is 7.21. The molecular weight excluding hydrogens is 403 g/mol. The number of halogens is 2. The van der Waals surface area contributed by atoms with Crippen LogP contribution in [0.5, 0.6) is 0 Å². The Hall–Kier alpha value is -2.97. The molecule has 0 amide bonds. The van der Waals surface area contributed by atoms with Gasteiger partial charge in [0.1, 0.15) is 17.0 Å². The number of aromatic nitrogens is 3. The highest BCUT2D eigenvalue weighted by Gasteiger charge is 2.28. The zero-order valence-corrected chi connectivity index (χ0v) is 16.0. The van der Waals surface area contributed by atoms with Crippen LogP contribution >= 0.6 is 11.6 Å². The van der Waals surface area contributed by atoms with E-state index >= 15 is 0 Å². The summed E-state index contributed by atoms with van der Waals surface area (Å²) in [5.74, 6) is -0.455. The Labute approximate surface area is 165 Å². The van der Waals surface area contributed by atoms with Gasteiger partial charge in [-0.15, -0.1) is 10.2 Å². The van der Waals surface area contributed by atoms with Crippen LogP contribution in [0.4, 0.5) is 10.1 Å². The number of sulfonamides is 1. The fourth-order valence-corrected chi connectivity index (χ4v) is 4.67. The molecule has 142 valence electrons. The van der Waals surface area contributed by atoms with E-state index < -0.39 is 15.8 Å². The predicted molar refractivity (Wildman–Crippen MR) is 104 cm³/mol. The molecule has 0 saturated heterocycles. The lowest BCUT2D eigenvalue weighted by atomic mass is 10.2. The summed E-state index contributed by atoms with van der Waals surface area (Å²) in [5.41, 5.74) is 1.22. The lowest BCUT2D eigenvalue weighted by Gasteiger charge is -2.25. The van der Waals surface area contributed by atoms with E-state index in [1.807, 2.05) is 0 Å². The smallest absolute Gasteiger partial charge is 0.268 e. The third-order valence-electron chi connectivity index (χ3n) is 4.19. The van der Waals surface area contributed by atoms with Gasteiger partial charge in [0.05, 0.1) is 12.2 Å². The van der Waals surface area contributed by atoms with Crippen LogP contribution in [0, 0.1) is 5.82 Å². The van der Waals surface area contributed by atoms with E-state index in [2.05, 4.69) is 10.2 Å². The summed E-state index contributed by atoms with van der Waals surface area (Å²) in [5, 5.41) is 8.19. The fourth-order valence-electron chi connectivity index (χ4n) is 2.87. The molecule has 0 fully saturated rings. The van der Waals surface area contributed by atoms with Crippen LogP contribution in [0.15, 0.2) is 78.1 Å². The topological polar surface area (TPSA) is 67.6 Å². The molecule has 0 aliphatic heterocycles. The standard InChI is InChI=1S/C19H14ClFN4O2S/c20-15-4-1-3-14(11-15)12-25(17-8-6-16(21)7-9-17)28(26,27)18-5-2-10-24-13-22-23-19(18)24/h1-11,13H,12H2. The summed E-state index contributed by atoms with van der Waals surface area (Å²) in [7, 11) is -4.03. The van der Waals surface area contributed by atoms with Gasteiger partial charge in [-0.2, -0.15) is 0 Å². The Morgan fingerprint density at radius 1 is 1.07 bits per heavy atom. The molecule has 2 aromatic carbocycles. The van der Waals surface area contributed by atoms with Crippen molar-refractivity contribution in [3.63, 3.8) is 0 Å². The second-order valence-corrected chi connectivity index (χ2v) is 8.32. The van der Waals surface area contributed by atoms with Gasteiger partial charge in [-0.3, -0.25) is 8.71 Å². The van der Waals surface area contributed by atoms with E-state index in [-0.39, 0.29) is 17.1 Å². The van der Waals surface area contributed by atoms with Crippen molar-refractivity contribution in [2.75, 3.05) is 4.31 Å². The molecule has 4 aromatic rings. The van der Waals surface area contributed by atoms with Gasteiger partial charge < -0.3 is 0 Å². The second-order valence-electron chi connectivity index (χ2n) is 6.05. The molecule has 4 rings (SSSR count). The highest BCUT2D eigenvalue weighted by Crippen LogP contribution is 2.28. The minimum absolute atomic E-state index is 0.00106. The van der Waals surface area contributed by atoms with Gasteiger partial charge in [0.15, 0.2) is 5.65 Å². The molecule has 0 saturated carbocycles. The molecule has 0 unspecified atom stereocenters. The first kappa shape index (κ1) is 18.4. The number of rotatable bonds is 5. The molecular formula is C19H14ClFN4O2S. The molecule has 0 bridgehead atoms. The maximum atomic E-state index is 13.5. The van der Waals surface area contributed by atoms with Crippen molar-refractivity contribution in [1.29, 1.82) is 0 Å². The highest BCUT2D eigenvalue weighted by molar-refractivity contribution is 7.93. The third kappa shape index (κ3) is 3.44. The Morgan fingerprint density at radius 3 is 2.61 bits per heavy atom. The molecule has 0 radical (unpaired) electrons. The first-order valence-electron chi connectivity index (χ1n) is 8.26. The van der Waals surface area contributed by atoms with Crippen LogP contribution in [0.25, 0.3) is 5.65 Å². The number of hydrogen-bond acceptors (Lipinski definition) is 4. The van der Waals surface area contributed by atoms with Gasteiger partial charge in [0, 0.05) is 11.2 Å². The molecule has 0 aliphatic carbocycles. The Balaban J connectivity index is 1.86. The predicted octanol–water partition coefficient (Wildman–Crippen LogP) is 3.92. The van der Waals surface area contributed by atoms with Gasteiger partial charge in [0.2, 0.25) is 0 Å². The van der Waals surface area contributed by atoms with Crippen molar-refractivity contribution >= 4 is 33.0 Å². The summed E-state index contributed by atoms with van der Waals surface area (Å²) in [6, 6.07) is 15.2. The van der Waals surface area contributed by atoms with E-state index in [0.29, 0.717) is 16.3 Å². The van der Waals surface area contributed by atoms with Crippen LogP contribution in [0.1, 0.15) is 5.56 Å². The van der Waals surface area contributed by atoms with Crippen LogP contribution in [0.2, 0.25) is 5.02 Å². The fraction of sp³-hybridized carbons (Fsp3) is 0.0526. The minimum atomic E-state index is -4.03. The first-order chi connectivity index (χ1) is 13.4. The first-order valence-corrected chi connectivity index (χ1v) is 10.1. The van der Waals surface area contributed by atoms with Crippen LogP contribution in [0.3, 0.4) is 0 Å². The summed E-state index contributed by atoms with van der Waals surface area (Å²) < 4.78 is 43.2. The Kier molecular flexibility index (Phi) is 4.74. The molecule has 0 spiro atoms. The zero-order valence-electron chi connectivity index (χ0n) is 14.4. The largest absolute Gasteiger partial charge is 0.288 e. The van der Waals surface area contributed by atoms with Crippen molar-refractivity contribution in [2.24, 2.45) is 0 Å². The van der Waals surface area contributed by atoms with E-state index in [9.17, 15) is 12.8 Å². The normalized spacial score (nSPS) is 11.6. The molecule has 2 heterocycles. The number of hydrogen-bond donors (Lipinski definition) is 0. The van der Waals surface area contributed by atoms with Gasteiger partial charge in [-0.1, -0.05) is 23.7 Å². The summed E-state index contributed by atoms with van der Waals surface area (Å²) in [6.07, 6.45) is 3.08. The molecule has 0 atom stereocenters. The third-order valence-corrected chi connectivity index (χ3v) is 6.22. The molecule has 28 heavy (non-hydrogen) atoms. The zero-order chi connectivity index (χ0) is 19.7. The van der Waals surface area contributed by atoms with Crippen molar-refractivity contribution in [1.82, 2.24) is 14.6 Å². The van der Waals surface area contributed by atoms with E-state index in [1.54, 1.807) is 36.5 Å².